The standard InChI is InChI=1S/C15H15NO5S/c1-10-3-8-14(21-2)13(9-10)16-22(19,20)12-6-4-11(5-7-12)15(17)18/h3-9,16H,1-2H3,(H,17,18). The number of carbonyl (C=O) groups is 1. The molecule has 0 radical (unpaired) electrons. The summed E-state index contributed by atoms with van der Waals surface area (Å²) in [7, 11) is -2.38. The number of anilines is 1. The number of carboxylic acids is 1. The van der Waals surface area contributed by atoms with Crippen LogP contribution >= 0.6 is 0 Å². The molecule has 0 atom stereocenters. The van der Waals surface area contributed by atoms with Gasteiger partial charge in [0.2, 0.25) is 0 Å². The second kappa shape index (κ2) is 6.07. The summed E-state index contributed by atoms with van der Waals surface area (Å²) < 4.78 is 32.3. The normalized spacial score (nSPS) is 11.0. The van der Waals surface area contributed by atoms with Gasteiger partial charge in [-0.2, -0.15) is 0 Å². The van der Waals surface area contributed by atoms with Crippen LogP contribution in [0, 0.1) is 6.92 Å². The third-order valence-electron chi connectivity index (χ3n) is 3.01. The first kappa shape index (κ1) is 15.8. The van der Waals surface area contributed by atoms with Crippen molar-refractivity contribution in [2.24, 2.45) is 0 Å². The maximum atomic E-state index is 12.3. The van der Waals surface area contributed by atoms with Gasteiger partial charge in [-0.05, 0) is 48.9 Å². The van der Waals surface area contributed by atoms with Crippen molar-refractivity contribution in [2.45, 2.75) is 11.8 Å². The van der Waals surface area contributed by atoms with Crippen LogP contribution in [0.2, 0.25) is 0 Å². The quantitative estimate of drug-likeness (QED) is 0.882. The first-order chi connectivity index (χ1) is 10.3. The van der Waals surface area contributed by atoms with E-state index in [1.165, 1.54) is 31.4 Å². The average Bonchev–Trinajstić information content (AvgIpc) is 2.47. The predicted octanol–water partition coefficient (Wildman–Crippen LogP) is 2.50. The van der Waals surface area contributed by atoms with E-state index in [-0.39, 0.29) is 10.5 Å². The van der Waals surface area contributed by atoms with Crippen LogP contribution in [0.4, 0.5) is 5.69 Å². The van der Waals surface area contributed by atoms with Gasteiger partial charge in [0.05, 0.1) is 23.3 Å². The maximum Gasteiger partial charge on any atom is 0.335 e. The van der Waals surface area contributed by atoms with Crippen molar-refractivity contribution in [1.29, 1.82) is 0 Å². The third kappa shape index (κ3) is 3.37. The van der Waals surface area contributed by atoms with Crippen LogP contribution in [0.5, 0.6) is 5.75 Å². The third-order valence-corrected chi connectivity index (χ3v) is 4.39. The molecule has 2 N–H and O–H groups in total. The van der Waals surface area contributed by atoms with Crippen molar-refractivity contribution in [3.05, 3.63) is 53.6 Å². The number of hydrogen-bond acceptors (Lipinski definition) is 4. The first-order valence-electron chi connectivity index (χ1n) is 6.34. The van der Waals surface area contributed by atoms with Crippen LogP contribution < -0.4 is 9.46 Å². The van der Waals surface area contributed by atoms with E-state index < -0.39 is 16.0 Å². The van der Waals surface area contributed by atoms with Gasteiger partial charge in [-0.3, -0.25) is 4.72 Å². The molecule has 0 unspecified atom stereocenters. The number of aryl methyl sites for hydroxylation is 1. The Morgan fingerprint density at radius 1 is 1.14 bits per heavy atom. The Labute approximate surface area is 128 Å². The number of ether oxygens (including phenoxy) is 1. The molecule has 6 nitrogen and oxygen atoms in total. The van der Waals surface area contributed by atoms with Crippen molar-refractivity contribution in [2.75, 3.05) is 11.8 Å². The molecule has 0 aliphatic heterocycles. The van der Waals surface area contributed by atoms with E-state index >= 15 is 0 Å². The van der Waals surface area contributed by atoms with E-state index in [4.69, 9.17) is 9.84 Å². The highest BCUT2D eigenvalue weighted by Crippen LogP contribution is 2.27. The van der Waals surface area contributed by atoms with Gasteiger partial charge in [-0.25, -0.2) is 13.2 Å². The highest BCUT2D eigenvalue weighted by Gasteiger charge is 2.17. The number of hydrogen-bond donors (Lipinski definition) is 2. The number of nitrogens with one attached hydrogen (secondary N) is 1. The van der Waals surface area contributed by atoms with Gasteiger partial charge in [0.25, 0.3) is 10.0 Å². The number of carboxylic acid groups (broad SMARTS) is 1. The van der Waals surface area contributed by atoms with Crippen LogP contribution in [-0.2, 0) is 10.0 Å². The Hall–Kier alpha value is -2.54. The fraction of sp³-hybridized carbons (Fsp3) is 0.133. The minimum Gasteiger partial charge on any atom is -0.495 e. The summed E-state index contributed by atoms with van der Waals surface area (Å²) in [5, 5.41) is 8.83. The van der Waals surface area contributed by atoms with Crippen molar-refractivity contribution in [1.82, 2.24) is 0 Å². The fourth-order valence-corrected chi connectivity index (χ4v) is 2.94. The summed E-state index contributed by atoms with van der Waals surface area (Å²) in [6.45, 7) is 1.83. The Bertz CT molecular complexity index is 797. The van der Waals surface area contributed by atoms with Crippen LogP contribution in [-0.4, -0.2) is 26.6 Å². The van der Waals surface area contributed by atoms with Gasteiger partial charge in [-0.15, -0.1) is 0 Å². The number of sulfonamides is 1. The van der Waals surface area contributed by atoms with Crippen molar-refractivity contribution in [3.63, 3.8) is 0 Å². The molecule has 0 aromatic heterocycles. The van der Waals surface area contributed by atoms with Gasteiger partial charge >= 0.3 is 5.97 Å². The summed E-state index contributed by atoms with van der Waals surface area (Å²) in [6, 6.07) is 10.1. The summed E-state index contributed by atoms with van der Waals surface area (Å²) in [5.41, 5.74) is 1.22. The molecule has 0 fully saturated rings. The first-order valence-corrected chi connectivity index (χ1v) is 7.82. The molecule has 2 aromatic carbocycles. The largest absolute Gasteiger partial charge is 0.495 e. The monoisotopic (exact) mass is 321 g/mol. The number of aromatic carboxylic acids is 1. The molecule has 2 rings (SSSR count). The molecule has 0 aliphatic carbocycles. The summed E-state index contributed by atoms with van der Waals surface area (Å²) in [5.74, 6) is -0.714. The topological polar surface area (TPSA) is 92.7 Å². The van der Waals surface area contributed by atoms with Crippen LogP contribution in [0.3, 0.4) is 0 Å². The zero-order valence-corrected chi connectivity index (χ0v) is 12.8. The number of rotatable bonds is 5. The van der Waals surface area contributed by atoms with Crippen molar-refractivity contribution >= 4 is 21.7 Å². The van der Waals surface area contributed by atoms with E-state index in [1.54, 1.807) is 18.2 Å². The zero-order chi connectivity index (χ0) is 16.3. The smallest absolute Gasteiger partial charge is 0.335 e. The molecular weight excluding hydrogens is 306 g/mol. The highest BCUT2D eigenvalue weighted by atomic mass is 32.2. The molecule has 22 heavy (non-hydrogen) atoms. The molecule has 0 spiro atoms. The van der Waals surface area contributed by atoms with E-state index in [0.717, 1.165) is 5.56 Å². The van der Waals surface area contributed by atoms with Gasteiger partial charge in [0, 0.05) is 0 Å². The lowest BCUT2D eigenvalue weighted by Crippen LogP contribution is -2.14. The molecule has 0 bridgehead atoms. The molecule has 0 saturated carbocycles. The van der Waals surface area contributed by atoms with E-state index in [2.05, 4.69) is 4.72 Å². The van der Waals surface area contributed by atoms with Gasteiger partial charge in [0.15, 0.2) is 0 Å². The molecule has 116 valence electrons. The van der Waals surface area contributed by atoms with Crippen molar-refractivity contribution < 1.29 is 23.1 Å². The van der Waals surface area contributed by atoms with E-state index in [0.29, 0.717) is 11.4 Å². The van der Waals surface area contributed by atoms with Gasteiger partial charge < -0.3 is 9.84 Å². The van der Waals surface area contributed by atoms with E-state index in [9.17, 15) is 13.2 Å². The van der Waals surface area contributed by atoms with Gasteiger partial charge in [0.1, 0.15) is 5.75 Å². The number of methoxy groups -OCH3 is 1. The molecule has 2 aromatic rings. The lowest BCUT2D eigenvalue weighted by atomic mass is 10.2. The van der Waals surface area contributed by atoms with Crippen LogP contribution in [0.15, 0.2) is 47.4 Å². The molecule has 0 saturated heterocycles. The van der Waals surface area contributed by atoms with E-state index in [1.807, 2.05) is 6.92 Å². The molecule has 0 amide bonds. The second-order valence-electron chi connectivity index (χ2n) is 4.64. The van der Waals surface area contributed by atoms with Gasteiger partial charge in [-0.1, -0.05) is 6.07 Å². The predicted molar refractivity (Wildman–Crippen MR) is 81.9 cm³/mol. The van der Waals surface area contributed by atoms with Crippen LogP contribution in [0.1, 0.15) is 15.9 Å². The molecule has 0 aliphatic rings. The fourth-order valence-electron chi connectivity index (χ4n) is 1.88. The zero-order valence-electron chi connectivity index (χ0n) is 12.0. The Balaban J connectivity index is 2.35. The Morgan fingerprint density at radius 2 is 1.77 bits per heavy atom. The summed E-state index contributed by atoms with van der Waals surface area (Å²) >= 11 is 0. The van der Waals surface area contributed by atoms with Crippen molar-refractivity contribution in [3.8, 4) is 5.75 Å². The molecule has 7 heteroatoms. The average molecular weight is 321 g/mol. The second-order valence-corrected chi connectivity index (χ2v) is 6.32. The number of benzene rings is 2. The maximum absolute atomic E-state index is 12.3. The minimum absolute atomic E-state index is 0.0205. The molecular formula is C15H15NO5S. The Kier molecular flexibility index (Phi) is 4.37. The van der Waals surface area contributed by atoms with Crippen LogP contribution in [0.25, 0.3) is 0 Å². The minimum atomic E-state index is -3.83. The molecule has 0 heterocycles. The highest BCUT2D eigenvalue weighted by molar-refractivity contribution is 7.92. The SMILES string of the molecule is COc1ccc(C)cc1NS(=O)(=O)c1ccc(C(=O)O)cc1. The lowest BCUT2D eigenvalue weighted by Gasteiger charge is -2.12. The summed E-state index contributed by atoms with van der Waals surface area (Å²) in [6.07, 6.45) is 0. The Morgan fingerprint density at radius 3 is 2.32 bits per heavy atom. The summed E-state index contributed by atoms with van der Waals surface area (Å²) in [4.78, 5) is 10.8. The lowest BCUT2D eigenvalue weighted by molar-refractivity contribution is 0.0696.